The number of carbonyl (C=O) groups excluding carboxylic acids is 2. The van der Waals surface area contributed by atoms with Gasteiger partial charge in [0.25, 0.3) is 0 Å². The number of hydrogen-bond donors (Lipinski definition) is 0. The summed E-state index contributed by atoms with van der Waals surface area (Å²) in [4.78, 5) is 24.3. The molecule has 6 atom stereocenters. The van der Waals surface area contributed by atoms with Crippen LogP contribution >= 0.6 is 0 Å². The molecule has 5 aliphatic rings. The predicted molar refractivity (Wildman–Crippen MR) is 65.6 cm³/mol. The van der Waals surface area contributed by atoms with E-state index in [1.807, 2.05) is 0 Å². The molecule has 2 heteroatoms. The van der Waals surface area contributed by atoms with Crippen LogP contribution in [-0.4, -0.2) is 11.6 Å². The highest BCUT2D eigenvalue weighted by Gasteiger charge is 2.62. The van der Waals surface area contributed by atoms with E-state index in [0.29, 0.717) is 11.8 Å². The Bertz CT molecular complexity index is 507. The zero-order chi connectivity index (χ0) is 12.0. The Kier molecular flexibility index (Phi) is 1.55. The smallest absolute Gasteiger partial charge is 0.160 e. The Morgan fingerprint density at radius 3 is 1.78 bits per heavy atom. The number of ketones is 2. The van der Waals surface area contributed by atoms with Crippen LogP contribution in [0.4, 0.5) is 0 Å². The SMILES string of the molecule is O=C1C=CC(=O)[C@H]2[C@@H]1[C@H]1C[C@H]2C2=C1[C@H]1CC[C@H]2C1. The van der Waals surface area contributed by atoms with Gasteiger partial charge in [-0.05, 0) is 61.5 Å². The summed E-state index contributed by atoms with van der Waals surface area (Å²) in [5.41, 5.74) is 3.29. The third-order valence-corrected chi connectivity index (χ3v) is 6.28. The van der Waals surface area contributed by atoms with Crippen LogP contribution in [0, 0.1) is 35.5 Å². The van der Waals surface area contributed by atoms with E-state index >= 15 is 0 Å². The molecule has 0 amide bonds. The zero-order valence-electron chi connectivity index (χ0n) is 10.3. The molecule has 2 nitrogen and oxygen atoms in total. The first-order chi connectivity index (χ1) is 8.75. The van der Waals surface area contributed by atoms with Gasteiger partial charge >= 0.3 is 0 Å². The number of carbonyl (C=O) groups is 2. The Balaban J connectivity index is 1.68. The van der Waals surface area contributed by atoms with Crippen molar-refractivity contribution >= 4 is 11.6 Å². The van der Waals surface area contributed by atoms with Crippen LogP contribution in [0.1, 0.15) is 25.7 Å². The van der Waals surface area contributed by atoms with Crippen molar-refractivity contribution < 1.29 is 9.59 Å². The van der Waals surface area contributed by atoms with Crippen LogP contribution in [0.3, 0.4) is 0 Å². The van der Waals surface area contributed by atoms with Gasteiger partial charge in [0.1, 0.15) is 0 Å². The third-order valence-electron chi connectivity index (χ3n) is 6.28. The number of rotatable bonds is 0. The lowest BCUT2D eigenvalue weighted by Gasteiger charge is -2.35. The highest BCUT2D eigenvalue weighted by atomic mass is 16.1. The maximum Gasteiger partial charge on any atom is 0.160 e. The van der Waals surface area contributed by atoms with E-state index < -0.39 is 0 Å². The molecule has 0 aromatic heterocycles. The zero-order valence-corrected chi connectivity index (χ0v) is 10.3. The van der Waals surface area contributed by atoms with Crippen LogP contribution in [0.15, 0.2) is 23.3 Å². The molecule has 0 aliphatic heterocycles. The van der Waals surface area contributed by atoms with Gasteiger partial charge in [-0.15, -0.1) is 0 Å². The fourth-order valence-corrected chi connectivity index (χ4v) is 5.90. The summed E-state index contributed by atoms with van der Waals surface area (Å²) < 4.78 is 0. The molecule has 2 fully saturated rings. The molecule has 0 unspecified atom stereocenters. The summed E-state index contributed by atoms with van der Waals surface area (Å²) in [6.45, 7) is 0. The number of hydrogen-bond acceptors (Lipinski definition) is 2. The van der Waals surface area contributed by atoms with E-state index in [-0.39, 0.29) is 23.4 Å². The lowest BCUT2D eigenvalue weighted by Crippen LogP contribution is -2.38. The summed E-state index contributed by atoms with van der Waals surface area (Å²) in [6.07, 6.45) is 8.18. The fraction of sp³-hybridized carbons (Fsp3) is 0.625. The number of fused-ring (bicyclic) bond motifs is 11. The van der Waals surface area contributed by atoms with Gasteiger partial charge in [0.15, 0.2) is 11.6 Å². The van der Waals surface area contributed by atoms with Gasteiger partial charge in [-0.2, -0.15) is 0 Å². The van der Waals surface area contributed by atoms with Gasteiger partial charge in [0.2, 0.25) is 0 Å². The van der Waals surface area contributed by atoms with Crippen molar-refractivity contribution in [3.63, 3.8) is 0 Å². The van der Waals surface area contributed by atoms with Crippen molar-refractivity contribution in [2.24, 2.45) is 35.5 Å². The standard InChI is InChI=1S/C16H16O2/c17-11-3-4-12(18)16-10-6-9(15(11)16)13-7-1-2-8(5-7)14(10)13/h3-4,7-10,15-16H,1-2,5-6H2/t7-,8-,9-,10-,15-,16+/m0/s1. The summed E-state index contributed by atoms with van der Waals surface area (Å²) in [7, 11) is 0. The first-order valence-electron chi connectivity index (χ1n) is 7.25. The molecule has 0 aromatic rings. The molecule has 2 saturated carbocycles. The van der Waals surface area contributed by atoms with E-state index in [4.69, 9.17) is 0 Å². The summed E-state index contributed by atoms with van der Waals surface area (Å²) in [6, 6.07) is 0. The topological polar surface area (TPSA) is 34.1 Å². The molecule has 4 bridgehead atoms. The summed E-state index contributed by atoms with van der Waals surface area (Å²) in [5, 5.41) is 0. The first kappa shape index (κ1) is 9.71. The van der Waals surface area contributed by atoms with Crippen molar-refractivity contribution in [3.8, 4) is 0 Å². The van der Waals surface area contributed by atoms with Crippen LogP contribution in [0.2, 0.25) is 0 Å². The van der Waals surface area contributed by atoms with E-state index in [1.165, 1.54) is 31.4 Å². The fourth-order valence-electron chi connectivity index (χ4n) is 5.90. The predicted octanol–water partition coefficient (Wildman–Crippen LogP) is 2.30. The van der Waals surface area contributed by atoms with E-state index in [0.717, 1.165) is 18.3 Å². The minimum atomic E-state index is 0.0191. The number of allylic oxidation sites excluding steroid dienone is 4. The highest BCUT2D eigenvalue weighted by Crippen LogP contribution is 2.67. The lowest BCUT2D eigenvalue weighted by molar-refractivity contribution is -0.129. The molecular weight excluding hydrogens is 224 g/mol. The maximum absolute atomic E-state index is 12.1. The molecule has 92 valence electrons. The van der Waals surface area contributed by atoms with Gasteiger partial charge in [0, 0.05) is 11.8 Å². The Labute approximate surface area is 106 Å². The van der Waals surface area contributed by atoms with Gasteiger partial charge in [-0.3, -0.25) is 9.59 Å². The second kappa shape index (κ2) is 2.87. The van der Waals surface area contributed by atoms with Crippen LogP contribution in [0.25, 0.3) is 0 Å². The van der Waals surface area contributed by atoms with E-state index in [1.54, 1.807) is 11.1 Å². The molecule has 0 N–H and O–H groups in total. The Hall–Kier alpha value is -1.18. The molecule has 5 aliphatic carbocycles. The normalized spacial score (nSPS) is 51.3. The molecule has 0 saturated heterocycles. The van der Waals surface area contributed by atoms with Gasteiger partial charge < -0.3 is 0 Å². The van der Waals surface area contributed by atoms with Gasteiger partial charge in [-0.25, -0.2) is 0 Å². The van der Waals surface area contributed by atoms with Crippen molar-refractivity contribution in [2.45, 2.75) is 25.7 Å². The van der Waals surface area contributed by atoms with Crippen molar-refractivity contribution in [1.29, 1.82) is 0 Å². The maximum atomic E-state index is 12.1. The minimum absolute atomic E-state index is 0.0191. The van der Waals surface area contributed by atoms with E-state index in [9.17, 15) is 9.59 Å². The van der Waals surface area contributed by atoms with Gasteiger partial charge in [-0.1, -0.05) is 11.1 Å². The summed E-state index contributed by atoms with van der Waals surface area (Å²) in [5.74, 6) is 2.90. The summed E-state index contributed by atoms with van der Waals surface area (Å²) >= 11 is 0. The third kappa shape index (κ3) is 0.877. The molecule has 5 rings (SSSR count). The van der Waals surface area contributed by atoms with Crippen molar-refractivity contribution in [1.82, 2.24) is 0 Å². The first-order valence-corrected chi connectivity index (χ1v) is 7.25. The van der Waals surface area contributed by atoms with E-state index in [2.05, 4.69) is 0 Å². The van der Waals surface area contributed by atoms with Crippen LogP contribution in [0.5, 0.6) is 0 Å². The quantitative estimate of drug-likeness (QED) is 0.481. The molecule has 0 aromatic carbocycles. The van der Waals surface area contributed by atoms with Gasteiger partial charge in [0.05, 0.1) is 0 Å². The Morgan fingerprint density at radius 2 is 1.28 bits per heavy atom. The van der Waals surface area contributed by atoms with Crippen molar-refractivity contribution in [2.75, 3.05) is 0 Å². The largest absolute Gasteiger partial charge is 0.294 e. The molecule has 0 radical (unpaired) electrons. The average molecular weight is 240 g/mol. The monoisotopic (exact) mass is 240 g/mol. The lowest BCUT2D eigenvalue weighted by atomic mass is 9.67. The molecule has 0 spiro atoms. The minimum Gasteiger partial charge on any atom is -0.294 e. The average Bonchev–Trinajstić information content (AvgIpc) is 3.07. The molecular formula is C16H16O2. The van der Waals surface area contributed by atoms with Crippen LogP contribution < -0.4 is 0 Å². The highest BCUT2D eigenvalue weighted by molar-refractivity contribution is 6.08. The molecule has 18 heavy (non-hydrogen) atoms. The second-order valence-electron chi connectivity index (χ2n) is 6.76. The van der Waals surface area contributed by atoms with Crippen molar-refractivity contribution in [3.05, 3.63) is 23.3 Å². The second-order valence-corrected chi connectivity index (χ2v) is 6.76. The Morgan fingerprint density at radius 1 is 0.778 bits per heavy atom. The molecule has 0 heterocycles. The van der Waals surface area contributed by atoms with Crippen LogP contribution in [-0.2, 0) is 9.59 Å².